The van der Waals surface area contributed by atoms with Crippen molar-refractivity contribution in [1.29, 1.82) is 0 Å². The zero-order valence-corrected chi connectivity index (χ0v) is 8.11. The topological polar surface area (TPSA) is 42.4 Å². The van der Waals surface area contributed by atoms with Crippen LogP contribution in [0.1, 0.15) is 5.69 Å². The van der Waals surface area contributed by atoms with Gasteiger partial charge >= 0.3 is 0 Å². The van der Waals surface area contributed by atoms with Gasteiger partial charge in [0.05, 0.1) is 7.11 Å². The maximum absolute atomic E-state index is 9.59. The smallest absolute Gasteiger partial charge is 0.145 e. The number of rotatable bonds is 1. The molecule has 0 atom stereocenters. The number of pyridine rings is 1. The lowest BCUT2D eigenvalue weighted by molar-refractivity contribution is 0.417. The summed E-state index contributed by atoms with van der Waals surface area (Å²) in [4.78, 5) is 4.32. The molecule has 3 nitrogen and oxygen atoms in total. The molecule has 0 aliphatic carbocycles. The zero-order valence-electron chi connectivity index (χ0n) is 8.11. The van der Waals surface area contributed by atoms with Gasteiger partial charge in [0.15, 0.2) is 0 Å². The van der Waals surface area contributed by atoms with Gasteiger partial charge in [0.2, 0.25) is 0 Å². The summed E-state index contributed by atoms with van der Waals surface area (Å²) in [5, 5.41) is 10.3. The Balaban J connectivity index is 2.85. The van der Waals surface area contributed by atoms with Gasteiger partial charge in [0.1, 0.15) is 17.0 Å². The molecule has 0 bridgehead atoms. The summed E-state index contributed by atoms with van der Waals surface area (Å²) in [6, 6.07) is 7.03. The van der Waals surface area contributed by atoms with Crippen molar-refractivity contribution >= 4 is 10.9 Å². The molecule has 1 heterocycles. The molecule has 1 N–H and O–H groups in total. The Morgan fingerprint density at radius 1 is 1.21 bits per heavy atom. The van der Waals surface area contributed by atoms with E-state index in [4.69, 9.17) is 4.74 Å². The lowest BCUT2D eigenvalue weighted by Crippen LogP contribution is -1.89. The quantitative estimate of drug-likeness (QED) is 0.748. The molecule has 0 unspecified atom stereocenters. The molecular weight excluding hydrogens is 178 g/mol. The summed E-state index contributed by atoms with van der Waals surface area (Å²) >= 11 is 0. The molecule has 0 aliphatic heterocycles. The number of aromatic nitrogens is 1. The van der Waals surface area contributed by atoms with Crippen molar-refractivity contribution < 1.29 is 9.84 Å². The molecule has 14 heavy (non-hydrogen) atoms. The third kappa shape index (κ3) is 1.27. The maximum Gasteiger partial charge on any atom is 0.145 e. The molecule has 0 amide bonds. The number of aryl methyl sites for hydroxylation is 1. The highest BCUT2D eigenvalue weighted by Gasteiger charge is 2.06. The number of hydrogen-bond acceptors (Lipinski definition) is 3. The molecule has 0 aliphatic rings. The van der Waals surface area contributed by atoms with E-state index in [1.807, 2.05) is 19.1 Å². The minimum absolute atomic E-state index is 0.230. The van der Waals surface area contributed by atoms with Gasteiger partial charge in [-0.3, -0.25) is 0 Å². The highest BCUT2D eigenvalue weighted by Crippen LogP contribution is 2.30. The second kappa shape index (κ2) is 3.18. The average Bonchev–Trinajstić information content (AvgIpc) is 2.18. The fourth-order valence-corrected chi connectivity index (χ4v) is 1.44. The van der Waals surface area contributed by atoms with Crippen LogP contribution in [-0.4, -0.2) is 17.2 Å². The van der Waals surface area contributed by atoms with E-state index >= 15 is 0 Å². The molecule has 0 radical (unpaired) electrons. The number of aromatic hydroxyl groups is 1. The Kier molecular flexibility index (Phi) is 2.00. The van der Waals surface area contributed by atoms with Crippen LogP contribution in [0, 0.1) is 6.92 Å². The highest BCUT2D eigenvalue weighted by molar-refractivity contribution is 5.89. The average molecular weight is 189 g/mol. The van der Waals surface area contributed by atoms with Crippen LogP contribution in [0.25, 0.3) is 10.9 Å². The van der Waals surface area contributed by atoms with Crippen molar-refractivity contribution in [1.82, 2.24) is 4.98 Å². The normalized spacial score (nSPS) is 10.4. The van der Waals surface area contributed by atoms with Crippen molar-refractivity contribution in [3.8, 4) is 11.5 Å². The maximum atomic E-state index is 9.59. The number of hydrogen-bond donors (Lipinski definition) is 1. The van der Waals surface area contributed by atoms with Gasteiger partial charge in [-0.25, -0.2) is 4.98 Å². The molecule has 0 fully saturated rings. The Morgan fingerprint density at radius 3 is 2.71 bits per heavy atom. The van der Waals surface area contributed by atoms with E-state index in [9.17, 15) is 5.11 Å². The van der Waals surface area contributed by atoms with E-state index in [0.717, 1.165) is 11.1 Å². The van der Waals surface area contributed by atoms with Crippen LogP contribution < -0.4 is 4.74 Å². The summed E-state index contributed by atoms with van der Waals surface area (Å²) < 4.78 is 5.16. The van der Waals surface area contributed by atoms with Gasteiger partial charge in [0.25, 0.3) is 0 Å². The Bertz CT molecular complexity index is 480. The number of fused-ring (bicyclic) bond motifs is 1. The van der Waals surface area contributed by atoms with Crippen molar-refractivity contribution in [3.63, 3.8) is 0 Å². The number of phenolic OH excluding ortho intramolecular Hbond substituents is 1. The first kappa shape index (κ1) is 8.81. The SMILES string of the molecule is COc1ccc(O)c2ccc(C)nc12. The van der Waals surface area contributed by atoms with Crippen LogP contribution >= 0.6 is 0 Å². The number of nitrogens with zero attached hydrogens (tertiary/aromatic N) is 1. The minimum Gasteiger partial charge on any atom is -0.507 e. The van der Waals surface area contributed by atoms with E-state index in [-0.39, 0.29) is 5.75 Å². The minimum atomic E-state index is 0.230. The van der Waals surface area contributed by atoms with Gasteiger partial charge in [-0.2, -0.15) is 0 Å². The first-order valence-corrected chi connectivity index (χ1v) is 4.35. The predicted molar refractivity (Wildman–Crippen MR) is 54.7 cm³/mol. The largest absolute Gasteiger partial charge is 0.507 e. The lowest BCUT2D eigenvalue weighted by atomic mass is 10.1. The first-order chi connectivity index (χ1) is 6.72. The van der Waals surface area contributed by atoms with Gasteiger partial charge in [-0.15, -0.1) is 0 Å². The fourth-order valence-electron chi connectivity index (χ4n) is 1.44. The van der Waals surface area contributed by atoms with Crippen LogP contribution in [-0.2, 0) is 0 Å². The predicted octanol–water partition coefficient (Wildman–Crippen LogP) is 2.26. The molecule has 0 saturated heterocycles. The van der Waals surface area contributed by atoms with Gasteiger partial charge in [-0.1, -0.05) is 0 Å². The molecule has 1 aromatic carbocycles. The molecule has 0 spiro atoms. The van der Waals surface area contributed by atoms with Gasteiger partial charge < -0.3 is 9.84 Å². The summed E-state index contributed by atoms with van der Waals surface area (Å²) in [6.07, 6.45) is 0. The van der Waals surface area contributed by atoms with E-state index < -0.39 is 0 Å². The second-order valence-electron chi connectivity index (χ2n) is 3.14. The first-order valence-electron chi connectivity index (χ1n) is 4.35. The van der Waals surface area contributed by atoms with Gasteiger partial charge in [-0.05, 0) is 31.2 Å². The van der Waals surface area contributed by atoms with E-state index in [2.05, 4.69) is 4.98 Å². The van der Waals surface area contributed by atoms with Crippen molar-refractivity contribution in [3.05, 3.63) is 30.0 Å². The lowest BCUT2D eigenvalue weighted by Gasteiger charge is -2.06. The van der Waals surface area contributed by atoms with Gasteiger partial charge in [0, 0.05) is 11.1 Å². The number of methoxy groups -OCH3 is 1. The molecular formula is C11H11NO2. The Morgan fingerprint density at radius 2 is 2.00 bits per heavy atom. The second-order valence-corrected chi connectivity index (χ2v) is 3.14. The molecule has 2 rings (SSSR count). The number of ether oxygens (including phenoxy) is 1. The molecule has 0 saturated carbocycles. The van der Waals surface area contributed by atoms with Crippen LogP contribution in [0.15, 0.2) is 24.3 Å². The monoisotopic (exact) mass is 189 g/mol. The molecule has 72 valence electrons. The number of benzene rings is 1. The summed E-state index contributed by atoms with van der Waals surface area (Å²) in [7, 11) is 1.59. The van der Waals surface area contributed by atoms with Crippen molar-refractivity contribution in [2.75, 3.05) is 7.11 Å². The third-order valence-corrected chi connectivity index (χ3v) is 2.16. The zero-order chi connectivity index (χ0) is 10.1. The summed E-state index contributed by atoms with van der Waals surface area (Å²) in [6.45, 7) is 1.91. The summed E-state index contributed by atoms with van der Waals surface area (Å²) in [5.74, 6) is 0.912. The Labute approximate surface area is 82.0 Å². The van der Waals surface area contributed by atoms with E-state index in [0.29, 0.717) is 11.3 Å². The Hall–Kier alpha value is -1.77. The molecule has 1 aromatic heterocycles. The van der Waals surface area contributed by atoms with Crippen molar-refractivity contribution in [2.24, 2.45) is 0 Å². The van der Waals surface area contributed by atoms with Crippen molar-refractivity contribution in [2.45, 2.75) is 6.92 Å². The van der Waals surface area contributed by atoms with Crippen LogP contribution in [0.3, 0.4) is 0 Å². The van der Waals surface area contributed by atoms with Crippen LogP contribution in [0.4, 0.5) is 0 Å². The summed E-state index contributed by atoms with van der Waals surface area (Å²) in [5.41, 5.74) is 1.61. The standard InChI is InChI=1S/C11H11NO2/c1-7-3-4-8-9(13)5-6-10(14-2)11(8)12-7/h3-6,13H,1-2H3. The molecule has 3 heteroatoms. The highest BCUT2D eigenvalue weighted by atomic mass is 16.5. The van der Waals surface area contributed by atoms with E-state index in [1.54, 1.807) is 19.2 Å². The fraction of sp³-hybridized carbons (Fsp3) is 0.182. The number of phenols is 1. The van der Waals surface area contributed by atoms with E-state index in [1.165, 1.54) is 0 Å². The molecule has 2 aromatic rings. The third-order valence-electron chi connectivity index (χ3n) is 2.16. The van der Waals surface area contributed by atoms with Crippen LogP contribution in [0.5, 0.6) is 11.5 Å². The van der Waals surface area contributed by atoms with Crippen LogP contribution in [0.2, 0.25) is 0 Å².